The number of hydrogen-bond acceptors (Lipinski definition) is 2. The highest BCUT2D eigenvalue weighted by Crippen LogP contribution is 2.25. The maximum atomic E-state index is 11.1. The molecule has 0 aromatic heterocycles. The van der Waals surface area contributed by atoms with Crippen LogP contribution < -0.4 is 10.5 Å². The van der Waals surface area contributed by atoms with E-state index in [4.69, 9.17) is 10.5 Å². The van der Waals surface area contributed by atoms with Crippen LogP contribution >= 0.6 is 0 Å². The fraction of sp³-hybridized carbons (Fsp3) is 0.0952. The molecule has 3 aromatic rings. The van der Waals surface area contributed by atoms with Gasteiger partial charge in [0.15, 0.2) is 0 Å². The number of benzene rings is 3. The van der Waals surface area contributed by atoms with Crippen LogP contribution in [0.5, 0.6) is 5.75 Å². The molecule has 3 rings (SSSR count). The molecular weight excluding hydrogens is 298 g/mol. The molecule has 0 aliphatic heterocycles. The second-order valence-electron chi connectivity index (χ2n) is 5.57. The first kappa shape index (κ1) is 15.8. The van der Waals surface area contributed by atoms with E-state index in [1.165, 1.54) is 11.1 Å². The van der Waals surface area contributed by atoms with Gasteiger partial charge in [0.05, 0.1) is 6.61 Å². The fourth-order valence-electron chi connectivity index (χ4n) is 2.65. The van der Waals surface area contributed by atoms with Gasteiger partial charge in [0, 0.05) is 11.5 Å². The van der Waals surface area contributed by atoms with Crippen molar-refractivity contribution in [1.82, 2.24) is 0 Å². The number of carbonyl (C=O) groups is 1. The number of carbonyl (C=O) groups excluding carboxylic acids is 1. The first-order chi connectivity index (χ1) is 11.7. The lowest BCUT2D eigenvalue weighted by Gasteiger charge is -2.19. The molecule has 0 saturated heterocycles. The molecule has 0 aliphatic rings. The summed E-state index contributed by atoms with van der Waals surface area (Å²) in [6.07, 6.45) is 0. The van der Waals surface area contributed by atoms with Crippen molar-refractivity contribution in [2.24, 2.45) is 5.73 Å². The van der Waals surface area contributed by atoms with E-state index in [0.29, 0.717) is 12.2 Å². The minimum atomic E-state index is -0.437. The summed E-state index contributed by atoms with van der Waals surface area (Å²) in [4.78, 5) is 11.1. The Bertz CT molecular complexity index is 744. The summed E-state index contributed by atoms with van der Waals surface area (Å²) in [5.41, 5.74) is 8.15. The quantitative estimate of drug-likeness (QED) is 0.747. The van der Waals surface area contributed by atoms with Crippen molar-refractivity contribution < 1.29 is 9.53 Å². The SMILES string of the molecule is NC(=O)c1ccc(OCC(c2ccccc2)c2ccccc2)cc1. The Kier molecular flexibility index (Phi) is 4.92. The first-order valence-corrected chi connectivity index (χ1v) is 7.86. The molecule has 3 aromatic carbocycles. The average molecular weight is 317 g/mol. The van der Waals surface area contributed by atoms with Crippen LogP contribution in [0.15, 0.2) is 84.9 Å². The van der Waals surface area contributed by atoms with Gasteiger partial charge in [-0.15, -0.1) is 0 Å². The van der Waals surface area contributed by atoms with Crippen LogP contribution in [0, 0.1) is 0 Å². The highest BCUT2D eigenvalue weighted by Gasteiger charge is 2.14. The van der Waals surface area contributed by atoms with Crippen molar-refractivity contribution >= 4 is 5.91 Å². The molecule has 0 atom stereocenters. The van der Waals surface area contributed by atoms with Gasteiger partial charge in [-0.3, -0.25) is 4.79 Å². The molecule has 0 aliphatic carbocycles. The van der Waals surface area contributed by atoms with E-state index in [1.54, 1.807) is 24.3 Å². The Labute approximate surface area is 141 Å². The Morgan fingerprint density at radius 2 is 1.29 bits per heavy atom. The van der Waals surface area contributed by atoms with Gasteiger partial charge in [0.25, 0.3) is 0 Å². The Morgan fingerprint density at radius 1 is 0.792 bits per heavy atom. The highest BCUT2D eigenvalue weighted by atomic mass is 16.5. The fourth-order valence-corrected chi connectivity index (χ4v) is 2.65. The molecule has 120 valence electrons. The van der Waals surface area contributed by atoms with Crippen LogP contribution in [0.2, 0.25) is 0 Å². The molecule has 0 radical (unpaired) electrons. The minimum Gasteiger partial charge on any atom is -0.493 e. The maximum absolute atomic E-state index is 11.1. The Hall–Kier alpha value is -3.07. The smallest absolute Gasteiger partial charge is 0.248 e. The van der Waals surface area contributed by atoms with Gasteiger partial charge < -0.3 is 10.5 Å². The Balaban J connectivity index is 1.79. The summed E-state index contributed by atoms with van der Waals surface area (Å²) in [5.74, 6) is 0.424. The topological polar surface area (TPSA) is 52.3 Å². The van der Waals surface area contributed by atoms with E-state index in [-0.39, 0.29) is 5.92 Å². The van der Waals surface area contributed by atoms with Crippen molar-refractivity contribution in [2.75, 3.05) is 6.61 Å². The second-order valence-corrected chi connectivity index (χ2v) is 5.57. The van der Waals surface area contributed by atoms with E-state index in [0.717, 1.165) is 5.75 Å². The van der Waals surface area contributed by atoms with Crippen molar-refractivity contribution in [3.63, 3.8) is 0 Å². The summed E-state index contributed by atoms with van der Waals surface area (Å²) in [6, 6.07) is 27.5. The zero-order valence-electron chi connectivity index (χ0n) is 13.3. The van der Waals surface area contributed by atoms with Gasteiger partial charge in [-0.25, -0.2) is 0 Å². The third kappa shape index (κ3) is 3.82. The highest BCUT2D eigenvalue weighted by molar-refractivity contribution is 5.92. The van der Waals surface area contributed by atoms with Crippen LogP contribution in [-0.4, -0.2) is 12.5 Å². The summed E-state index contributed by atoms with van der Waals surface area (Å²) in [5, 5.41) is 0. The van der Waals surface area contributed by atoms with E-state index < -0.39 is 5.91 Å². The zero-order valence-corrected chi connectivity index (χ0v) is 13.3. The summed E-state index contributed by atoms with van der Waals surface area (Å²) >= 11 is 0. The third-order valence-corrected chi connectivity index (χ3v) is 3.96. The molecule has 3 heteroatoms. The van der Waals surface area contributed by atoms with E-state index in [9.17, 15) is 4.79 Å². The van der Waals surface area contributed by atoms with E-state index in [2.05, 4.69) is 24.3 Å². The number of amides is 1. The van der Waals surface area contributed by atoms with Gasteiger partial charge in [-0.05, 0) is 35.4 Å². The molecular formula is C21H19NO2. The van der Waals surface area contributed by atoms with Crippen LogP contribution in [0.25, 0.3) is 0 Å². The van der Waals surface area contributed by atoms with Crippen LogP contribution in [0.1, 0.15) is 27.4 Å². The van der Waals surface area contributed by atoms with Crippen molar-refractivity contribution in [3.05, 3.63) is 102 Å². The molecule has 0 bridgehead atoms. The maximum Gasteiger partial charge on any atom is 0.248 e. The lowest BCUT2D eigenvalue weighted by atomic mass is 9.92. The van der Waals surface area contributed by atoms with Gasteiger partial charge in [-0.2, -0.15) is 0 Å². The predicted molar refractivity (Wildman–Crippen MR) is 95.2 cm³/mol. The van der Waals surface area contributed by atoms with Gasteiger partial charge >= 0.3 is 0 Å². The lowest BCUT2D eigenvalue weighted by molar-refractivity contribution is 0.100. The van der Waals surface area contributed by atoms with Gasteiger partial charge in [0.2, 0.25) is 5.91 Å². The number of primary amides is 1. The minimum absolute atomic E-state index is 0.142. The molecule has 0 fully saturated rings. The van der Waals surface area contributed by atoms with E-state index in [1.807, 2.05) is 36.4 Å². The summed E-state index contributed by atoms with van der Waals surface area (Å²) in [7, 11) is 0. The van der Waals surface area contributed by atoms with Gasteiger partial charge in [0.1, 0.15) is 5.75 Å². The van der Waals surface area contributed by atoms with Gasteiger partial charge in [-0.1, -0.05) is 60.7 Å². The molecule has 24 heavy (non-hydrogen) atoms. The normalized spacial score (nSPS) is 10.5. The average Bonchev–Trinajstić information content (AvgIpc) is 2.64. The Morgan fingerprint density at radius 3 is 1.75 bits per heavy atom. The van der Waals surface area contributed by atoms with Crippen LogP contribution in [-0.2, 0) is 0 Å². The number of nitrogens with two attached hydrogens (primary N) is 1. The number of hydrogen-bond donors (Lipinski definition) is 1. The molecule has 1 amide bonds. The van der Waals surface area contributed by atoms with Crippen molar-refractivity contribution in [2.45, 2.75) is 5.92 Å². The zero-order chi connectivity index (χ0) is 16.8. The van der Waals surface area contributed by atoms with Crippen molar-refractivity contribution in [1.29, 1.82) is 0 Å². The van der Waals surface area contributed by atoms with Crippen LogP contribution in [0.4, 0.5) is 0 Å². The summed E-state index contributed by atoms with van der Waals surface area (Å²) in [6.45, 7) is 0.518. The number of ether oxygens (including phenoxy) is 1. The largest absolute Gasteiger partial charge is 0.493 e. The standard InChI is InChI=1S/C21H19NO2/c22-21(23)18-11-13-19(14-12-18)24-15-20(16-7-3-1-4-8-16)17-9-5-2-6-10-17/h1-14,20H,15H2,(H2,22,23). The first-order valence-electron chi connectivity index (χ1n) is 7.86. The van der Waals surface area contributed by atoms with Crippen LogP contribution in [0.3, 0.4) is 0 Å². The van der Waals surface area contributed by atoms with E-state index >= 15 is 0 Å². The molecule has 2 N–H and O–H groups in total. The summed E-state index contributed by atoms with van der Waals surface area (Å²) < 4.78 is 5.96. The monoisotopic (exact) mass is 317 g/mol. The van der Waals surface area contributed by atoms with Crippen molar-refractivity contribution in [3.8, 4) is 5.75 Å². The molecule has 0 saturated carbocycles. The predicted octanol–water partition coefficient (Wildman–Crippen LogP) is 4.00. The molecule has 0 heterocycles. The third-order valence-electron chi connectivity index (χ3n) is 3.96. The lowest BCUT2D eigenvalue weighted by Crippen LogP contribution is -2.13. The number of rotatable bonds is 6. The molecule has 0 unspecified atom stereocenters. The molecule has 0 spiro atoms. The second kappa shape index (κ2) is 7.47. The molecule has 3 nitrogen and oxygen atoms in total.